The Morgan fingerprint density at radius 3 is 2.43 bits per heavy atom. The van der Waals surface area contributed by atoms with Crippen molar-refractivity contribution in [2.24, 2.45) is 10.9 Å². The summed E-state index contributed by atoms with van der Waals surface area (Å²) in [5, 5.41) is 6.31. The molecule has 8 heteroatoms. The van der Waals surface area contributed by atoms with Crippen LogP contribution in [0.4, 0.5) is 0 Å². The van der Waals surface area contributed by atoms with Crippen LogP contribution in [0.5, 0.6) is 5.75 Å². The molecule has 1 saturated heterocycles. The maximum absolute atomic E-state index is 11.7. The molecule has 8 nitrogen and oxygen atoms in total. The average Bonchev–Trinajstić information content (AvgIpc) is 3.59. The predicted octanol–water partition coefficient (Wildman–Crippen LogP) is 1.35. The van der Waals surface area contributed by atoms with E-state index in [2.05, 4.69) is 20.5 Å². The number of amides is 1. The molecule has 1 aliphatic heterocycles. The van der Waals surface area contributed by atoms with Crippen molar-refractivity contribution >= 4 is 17.8 Å². The second-order valence-electron chi connectivity index (χ2n) is 7.78. The molecule has 1 aromatic rings. The number of aliphatic imine (C=N–C) groups is 1. The first-order valence-corrected chi connectivity index (χ1v) is 10.6. The largest absolute Gasteiger partial charge is 0.484 e. The van der Waals surface area contributed by atoms with Crippen LogP contribution in [0.15, 0.2) is 29.3 Å². The van der Waals surface area contributed by atoms with Gasteiger partial charge in [-0.25, -0.2) is 0 Å². The summed E-state index contributed by atoms with van der Waals surface area (Å²) in [6.07, 6.45) is 4.57. The predicted molar refractivity (Wildman–Crippen MR) is 114 cm³/mol. The van der Waals surface area contributed by atoms with Gasteiger partial charge in [0.15, 0.2) is 12.6 Å². The number of hydrogen-bond acceptors (Lipinski definition) is 5. The van der Waals surface area contributed by atoms with Crippen molar-refractivity contribution in [3.05, 3.63) is 29.8 Å². The first-order valence-electron chi connectivity index (χ1n) is 10.6. The van der Waals surface area contributed by atoms with Gasteiger partial charge in [-0.3, -0.25) is 14.6 Å². The number of hydrogen-bond donors (Lipinski definition) is 2. The van der Waals surface area contributed by atoms with Gasteiger partial charge in [0.05, 0.1) is 13.0 Å². The minimum atomic E-state index is -0.117. The van der Waals surface area contributed by atoms with Crippen molar-refractivity contribution in [3.63, 3.8) is 0 Å². The monoisotopic (exact) mass is 416 g/mol. The number of ether oxygens (including phenoxy) is 2. The van der Waals surface area contributed by atoms with E-state index >= 15 is 0 Å². The Morgan fingerprint density at radius 2 is 1.83 bits per heavy atom. The highest BCUT2D eigenvalue weighted by molar-refractivity contribution is 5.80. The Hall–Kier alpha value is -2.77. The molecule has 1 heterocycles. The number of carbonyl (C=O) groups excluding carboxylic acids is 2. The molecule has 2 aliphatic rings. The van der Waals surface area contributed by atoms with Crippen LogP contribution in [0, 0.1) is 5.92 Å². The van der Waals surface area contributed by atoms with E-state index in [0.29, 0.717) is 11.8 Å². The Morgan fingerprint density at radius 1 is 1.13 bits per heavy atom. The van der Waals surface area contributed by atoms with Crippen molar-refractivity contribution in [2.75, 3.05) is 40.4 Å². The molecule has 3 rings (SSSR count). The lowest BCUT2D eigenvalue weighted by Gasteiger charge is -2.33. The summed E-state index contributed by atoms with van der Waals surface area (Å²) in [6.45, 7) is 2.40. The van der Waals surface area contributed by atoms with Gasteiger partial charge < -0.3 is 25.0 Å². The maximum Gasteiger partial charge on any atom is 0.308 e. The molecular weight excluding hydrogens is 384 g/mol. The Kier molecular flexibility index (Phi) is 7.93. The van der Waals surface area contributed by atoms with Crippen molar-refractivity contribution in [3.8, 4) is 5.75 Å². The van der Waals surface area contributed by atoms with Crippen LogP contribution < -0.4 is 15.4 Å². The number of esters is 1. The molecule has 30 heavy (non-hydrogen) atoms. The topological polar surface area (TPSA) is 92.3 Å². The van der Waals surface area contributed by atoms with E-state index in [1.54, 1.807) is 7.05 Å². The molecule has 0 radical (unpaired) electrons. The molecule has 1 aliphatic carbocycles. The second-order valence-corrected chi connectivity index (χ2v) is 7.78. The van der Waals surface area contributed by atoms with Gasteiger partial charge in [0.25, 0.3) is 5.91 Å². The van der Waals surface area contributed by atoms with Gasteiger partial charge in [-0.2, -0.15) is 0 Å². The van der Waals surface area contributed by atoms with E-state index in [1.807, 2.05) is 24.3 Å². The quantitative estimate of drug-likeness (QED) is 0.378. The van der Waals surface area contributed by atoms with Crippen molar-refractivity contribution < 1.29 is 19.1 Å². The SMILES string of the molecule is CN=C(NCCc1ccc(OCC(=O)NC2CC2)cc1)N1CCC(C(=O)OC)CC1. The van der Waals surface area contributed by atoms with Gasteiger partial charge in [-0.05, 0) is 49.8 Å². The lowest BCUT2D eigenvalue weighted by atomic mass is 9.97. The van der Waals surface area contributed by atoms with Crippen LogP contribution >= 0.6 is 0 Å². The number of piperidine rings is 1. The third-order valence-corrected chi connectivity index (χ3v) is 5.47. The van der Waals surface area contributed by atoms with E-state index in [-0.39, 0.29) is 24.4 Å². The molecule has 1 amide bonds. The fourth-order valence-corrected chi connectivity index (χ4v) is 3.54. The summed E-state index contributed by atoms with van der Waals surface area (Å²) in [7, 11) is 3.22. The third-order valence-electron chi connectivity index (χ3n) is 5.47. The standard InChI is InChI=1S/C22H32N4O4/c1-23-22(26-13-10-17(11-14-26)21(28)29-2)24-12-9-16-3-7-19(8-4-16)30-15-20(27)25-18-5-6-18/h3-4,7-8,17-18H,5-6,9-15H2,1-2H3,(H,23,24)(H,25,27). The molecule has 164 valence electrons. The van der Waals surface area contributed by atoms with E-state index in [9.17, 15) is 9.59 Å². The average molecular weight is 417 g/mol. The summed E-state index contributed by atoms with van der Waals surface area (Å²) < 4.78 is 10.4. The number of guanidine groups is 1. The summed E-state index contributed by atoms with van der Waals surface area (Å²) in [4.78, 5) is 29.9. The number of likely N-dealkylation sites (tertiary alicyclic amines) is 1. The van der Waals surface area contributed by atoms with Gasteiger partial charge in [0.1, 0.15) is 5.75 Å². The lowest BCUT2D eigenvalue weighted by molar-refractivity contribution is -0.146. The summed E-state index contributed by atoms with van der Waals surface area (Å²) in [6, 6.07) is 8.17. The molecule has 1 aromatic carbocycles. The van der Waals surface area contributed by atoms with Crippen molar-refractivity contribution in [1.82, 2.24) is 15.5 Å². The first-order chi connectivity index (χ1) is 14.6. The van der Waals surface area contributed by atoms with Crippen molar-refractivity contribution in [2.45, 2.75) is 38.1 Å². The van der Waals surface area contributed by atoms with E-state index in [0.717, 1.165) is 57.7 Å². The van der Waals surface area contributed by atoms with Crippen LogP contribution in [-0.2, 0) is 20.7 Å². The number of nitrogens with zero attached hydrogens (tertiary/aromatic N) is 2. The smallest absolute Gasteiger partial charge is 0.308 e. The zero-order valence-corrected chi connectivity index (χ0v) is 17.9. The van der Waals surface area contributed by atoms with Crippen LogP contribution in [0.25, 0.3) is 0 Å². The van der Waals surface area contributed by atoms with Gasteiger partial charge in [0.2, 0.25) is 0 Å². The molecule has 0 spiro atoms. The van der Waals surface area contributed by atoms with Crippen LogP contribution in [0.1, 0.15) is 31.2 Å². The van der Waals surface area contributed by atoms with Crippen LogP contribution in [0.3, 0.4) is 0 Å². The second kappa shape index (κ2) is 10.8. The molecule has 0 bridgehead atoms. The number of carbonyl (C=O) groups is 2. The molecule has 2 N–H and O–H groups in total. The number of methoxy groups -OCH3 is 1. The fourth-order valence-electron chi connectivity index (χ4n) is 3.54. The highest BCUT2D eigenvalue weighted by Crippen LogP contribution is 2.19. The number of nitrogens with one attached hydrogen (secondary N) is 2. The van der Waals surface area contributed by atoms with Gasteiger partial charge in [0, 0.05) is 32.7 Å². The highest BCUT2D eigenvalue weighted by Gasteiger charge is 2.27. The van der Waals surface area contributed by atoms with Crippen LogP contribution in [0.2, 0.25) is 0 Å². The molecule has 0 aromatic heterocycles. The maximum atomic E-state index is 11.7. The lowest BCUT2D eigenvalue weighted by Crippen LogP contribution is -2.47. The van der Waals surface area contributed by atoms with Crippen molar-refractivity contribution in [1.29, 1.82) is 0 Å². The normalized spacial score (nSPS) is 17.4. The zero-order chi connectivity index (χ0) is 21.3. The van der Waals surface area contributed by atoms with E-state index < -0.39 is 0 Å². The Labute approximate surface area is 178 Å². The van der Waals surface area contributed by atoms with Gasteiger partial charge in [-0.15, -0.1) is 0 Å². The number of benzene rings is 1. The molecular formula is C22H32N4O4. The Balaban J connectivity index is 1.36. The minimum Gasteiger partial charge on any atom is -0.484 e. The Bertz CT molecular complexity index is 738. The fraction of sp³-hybridized carbons (Fsp3) is 0.591. The van der Waals surface area contributed by atoms with E-state index in [4.69, 9.17) is 9.47 Å². The molecule has 0 atom stereocenters. The molecule has 0 unspecified atom stereocenters. The van der Waals surface area contributed by atoms with Gasteiger partial charge >= 0.3 is 5.97 Å². The summed E-state index contributed by atoms with van der Waals surface area (Å²) in [5.74, 6) is 1.37. The molecule has 2 fully saturated rings. The third kappa shape index (κ3) is 6.64. The van der Waals surface area contributed by atoms with Gasteiger partial charge in [-0.1, -0.05) is 12.1 Å². The minimum absolute atomic E-state index is 0.00938. The highest BCUT2D eigenvalue weighted by atomic mass is 16.5. The van der Waals surface area contributed by atoms with Crippen LogP contribution in [-0.4, -0.2) is 69.2 Å². The van der Waals surface area contributed by atoms with E-state index in [1.165, 1.54) is 12.7 Å². The zero-order valence-electron chi connectivity index (χ0n) is 17.9. The first kappa shape index (κ1) is 21.9. The molecule has 1 saturated carbocycles. The summed E-state index contributed by atoms with van der Waals surface area (Å²) >= 11 is 0. The summed E-state index contributed by atoms with van der Waals surface area (Å²) in [5.41, 5.74) is 1.18. The number of rotatable bonds is 8.